The molecule has 3 N–H and O–H groups in total. The first kappa shape index (κ1) is 8.71. The van der Waals surface area contributed by atoms with Crippen LogP contribution in [0.25, 0.3) is 11.4 Å². The van der Waals surface area contributed by atoms with Gasteiger partial charge in [0.15, 0.2) is 0 Å². The van der Waals surface area contributed by atoms with Crippen LogP contribution >= 0.6 is 0 Å². The number of rotatable bonds is 2. The number of benzene rings is 1. The minimum absolute atomic E-state index is 0.205. The van der Waals surface area contributed by atoms with E-state index < -0.39 is 0 Å². The van der Waals surface area contributed by atoms with Crippen LogP contribution in [0.5, 0.6) is 5.75 Å². The molecule has 0 saturated heterocycles. The molecule has 1 aromatic carbocycles. The molecule has 72 valence electrons. The van der Waals surface area contributed by atoms with Crippen molar-refractivity contribution < 1.29 is 9.63 Å². The van der Waals surface area contributed by atoms with E-state index in [0.717, 1.165) is 5.56 Å². The number of phenolic OH excluding ortho intramolecular Hbond substituents is 1. The molecule has 0 aliphatic heterocycles. The van der Waals surface area contributed by atoms with Crippen LogP contribution in [-0.4, -0.2) is 15.2 Å². The summed E-state index contributed by atoms with van der Waals surface area (Å²) in [6.45, 7) is 0.227. The normalized spacial score (nSPS) is 10.4. The van der Waals surface area contributed by atoms with E-state index in [0.29, 0.717) is 11.7 Å². The minimum atomic E-state index is 0.205. The lowest BCUT2D eigenvalue weighted by atomic mass is 10.2. The predicted molar refractivity (Wildman–Crippen MR) is 49.3 cm³/mol. The lowest BCUT2D eigenvalue weighted by Gasteiger charge is -1.93. The third kappa shape index (κ3) is 1.57. The lowest BCUT2D eigenvalue weighted by Crippen LogP contribution is -1.95. The smallest absolute Gasteiger partial charge is 0.240 e. The standard InChI is InChI=1S/C9H9N3O2/c10-5-8-11-9(12-14-8)6-1-3-7(13)4-2-6/h1-4,13H,5,10H2. The fraction of sp³-hybridized carbons (Fsp3) is 0.111. The van der Waals surface area contributed by atoms with Gasteiger partial charge in [-0.2, -0.15) is 4.98 Å². The second-order valence-electron chi connectivity index (χ2n) is 2.76. The van der Waals surface area contributed by atoms with Gasteiger partial charge in [-0.25, -0.2) is 0 Å². The number of nitrogens with two attached hydrogens (primary N) is 1. The van der Waals surface area contributed by atoms with Crippen LogP contribution in [0.2, 0.25) is 0 Å². The Morgan fingerprint density at radius 2 is 2.00 bits per heavy atom. The molecular formula is C9H9N3O2. The maximum atomic E-state index is 9.07. The third-order valence-corrected chi connectivity index (χ3v) is 1.77. The van der Waals surface area contributed by atoms with Crippen molar-refractivity contribution in [2.45, 2.75) is 6.54 Å². The van der Waals surface area contributed by atoms with Gasteiger partial charge in [-0.05, 0) is 24.3 Å². The van der Waals surface area contributed by atoms with Gasteiger partial charge in [-0.1, -0.05) is 5.16 Å². The first-order chi connectivity index (χ1) is 6.79. The molecule has 0 aliphatic rings. The Hall–Kier alpha value is -1.88. The second-order valence-corrected chi connectivity index (χ2v) is 2.76. The van der Waals surface area contributed by atoms with Gasteiger partial charge in [-0.15, -0.1) is 0 Å². The molecule has 5 heteroatoms. The van der Waals surface area contributed by atoms with Crippen LogP contribution in [-0.2, 0) is 6.54 Å². The number of phenols is 1. The Morgan fingerprint density at radius 1 is 1.29 bits per heavy atom. The van der Waals surface area contributed by atoms with E-state index in [4.69, 9.17) is 15.4 Å². The van der Waals surface area contributed by atoms with E-state index in [9.17, 15) is 0 Å². The largest absolute Gasteiger partial charge is 0.508 e. The van der Waals surface area contributed by atoms with Gasteiger partial charge < -0.3 is 15.4 Å². The Labute approximate surface area is 80.2 Å². The summed E-state index contributed by atoms with van der Waals surface area (Å²) in [5.41, 5.74) is 6.11. The van der Waals surface area contributed by atoms with Gasteiger partial charge in [0.05, 0.1) is 6.54 Å². The average Bonchev–Trinajstić information content (AvgIpc) is 2.67. The molecule has 2 rings (SSSR count). The molecule has 0 spiro atoms. The number of nitrogens with zero attached hydrogens (tertiary/aromatic N) is 2. The molecule has 1 aromatic heterocycles. The Balaban J connectivity index is 2.34. The van der Waals surface area contributed by atoms with Crippen LogP contribution in [0.15, 0.2) is 28.8 Å². The number of aromatic hydroxyl groups is 1. The highest BCUT2D eigenvalue weighted by molar-refractivity contribution is 5.55. The predicted octanol–water partition coefficient (Wildman–Crippen LogP) is 0.901. The minimum Gasteiger partial charge on any atom is -0.508 e. The Morgan fingerprint density at radius 3 is 2.57 bits per heavy atom. The molecular weight excluding hydrogens is 182 g/mol. The summed E-state index contributed by atoms with van der Waals surface area (Å²) in [7, 11) is 0. The third-order valence-electron chi connectivity index (χ3n) is 1.77. The maximum absolute atomic E-state index is 9.07. The highest BCUT2D eigenvalue weighted by Crippen LogP contribution is 2.18. The van der Waals surface area contributed by atoms with Crippen molar-refractivity contribution in [3.05, 3.63) is 30.2 Å². The number of aromatic nitrogens is 2. The molecule has 0 amide bonds. The fourth-order valence-corrected chi connectivity index (χ4v) is 1.07. The first-order valence-corrected chi connectivity index (χ1v) is 4.11. The topological polar surface area (TPSA) is 85.2 Å². The summed E-state index contributed by atoms with van der Waals surface area (Å²) < 4.78 is 4.85. The second kappa shape index (κ2) is 3.47. The summed E-state index contributed by atoms with van der Waals surface area (Å²) in [6.07, 6.45) is 0. The van der Waals surface area contributed by atoms with E-state index >= 15 is 0 Å². The van der Waals surface area contributed by atoms with Crippen LogP contribution < -0.4 is 5.73 Å². The highest BCUT2D eigenvalue weighted by atomic mass is 16.5. The average molecular weight is 191 g/mol. The fourth-order valence-electron chi connectivity index (χ4n) is 1.07. The van der Waals surface area contributed by atoms with E-state index in [1.165, 1.54) is 0 Å². The van der Waals surface area contributed by atoms with Gasteiger partial charge in [0, 0.05) is 5.56 Å². The molecule has 0 unspecified atom stereocenters. The summed E-state index contributed by atoms with van der Waals surface area (Å²) in [5.74, 6) is 1.08. The lowest BCUT2D eigenvalue weighted by molar-refractivity contribution is 0.380. The zero-order valence-corrected chi connectivity index (χ0v) is 7.34. The molecule has 2 aromatic rings. The molecule has 5 nitrogen and oxygen atoms in total. The van der Waals surface area contributed by atoms with Gasteiger partial charge >= 0.3 is 0 Å². The Kier molecular flexibility index (Phi) is 2.16. The molecule has 0 fully saturated rings. The van der Waals surface area contributed by atoms with Crippen LogP contribution in [0.4, 0.5) is 0 Å². The monoisotopic (exact) mass is 191 g/mol. The van der Waals surface area contributed by atoms with Crippen LogP contribution in [0, 0.1) is 0 Å². The van der Waals surface area contributed by atoms with E-state index in [-0.39, 0.29) is 12.3 Å². The summed E-state index contributed by atoms with van der Waals surface area (Å²) in [4.78, 5) is 4.04. The molecule has 1 heterocycles. The van der Waals surface area contributed by atoms with Crippen molar-refractivity contribution >= 4 is 0 Å². The van der Waals surface area contributed by atoms with Crippen molar-refractivity contribution in [3.63, 3.8) is 0 Å². The van der Waals surface area contributed by atoms with Crippen molar-refractivity contribution in [1.82, 2.24) is 10.1 Å². The van der Waals surface area contributed by atoms with E-state index in [1.807, 2.05) is 0 Å². The zero-order valence-electron chi connectivity index (χ0n) is 7.34. The number of hydrogen-bond donors (Lipinski definition) is 2. The van der Waals surface area contributed by atoms with Crippen molar-refractivity contribution in [1.29, 1.82) is 0 Å². The number of hydrogen-bond acceptors (Lipinski definition) is 5. The quantitative estimate of drug-likeness (QED) is 0.736. The molecule has 0 radical (unpaired) electrons. The van der Waals surface area contributed by atoms with Crippen molar-refractivity contribution in [2.24, 2.45) is 5.73 Å². The van der Waals surface area contributed by atoms with E-state index in [1.54, 1.807) is 24.3 Å². The van der Waals surface area contributed by atoms with Gasteiger partial charge in [-0.3, -0.25) is 0 Å². The molecule has 14 heavy (non-hydrogen) atoms. The Bertz CT molecular complexity index is 422. The maximum Gasteiger partial charge on any atom is 0.240 e. The first-order valence-electron chi connectivity index (χ1n) is 4.11. The van der Waals surface area contributed by atoms with Crippen LogP contribution in [0.3, 0.4) is 0 Å². The van der Waals surface area contributed by atoms with E-state index in [2.05, 4.69) is 10.1 Å². The highest BCUT2D eigenvalue weighted by Gasteiger charge is 2.06. The molecule has 0 bridgehead atoms. The summed E-state index contributed by atoms with van der Waals surface area (Å²) in [6, 6.07) is 6.54. The molecule has 0 saturated carbocycles. The van der Waals surface area contributed by atoms with Gasteiger partial charge in [0.1, 0.15) is 5.75 Å². The SMILES string of the molecule is NCc1nc(-c2ccc(O)cc2)no1. The molecule has 0 atom stereocenters. The molecule has 0 aliphatic carbocycles. The van der Waals surface area contributed by atoms with Gasteiger partial charge in [0.25, 0.3) is 0 Å². The van der Waals surface area contributed by atoms with Crippen molar-refractivity contribution in [3.8, 4) is 17.1 Å². The summed E-state index contributed by atoms with van der Waals surface area (Å²) in [5, 5.41) is 12.8. The van der Waals surface area contributed by atoms with Gasteiger partial charge in [0.2, 0.25) is 11.7 Å². The summed E-state index contributed by atoms with van der Waals surface area (Å²) >= 11 is 0. The van der Waals surface area contributed by atoms with Crippen LogP contribution in [0.1, 0.15) is 5.89 Å². The zero-order chi connectivity index (χ0) is 9.97. The van der Waals surface area contributed by atoms with Crippen molar-refractivity contribution in [2.75, 3.05) is 0 Å².